The fourth-order valence-electron chi connectivity index (χ4n) is 2.82. The quantitative estimate of drug-likeness (QED) is 0.711. The van der Waals surface area contributed by atoms with Gasteiger partial charge in [0.1, 0.15) is 7.05 Å². The fraction of sp³-hybridized carbons (Fsp3) is 0.333. The molecule has 0 saturated carbocycles. The summed E-state index contributed by atoms with van der Waals surface area (Å²) in [6.45, 7) is 2.04. The number of ketones is 1. The van der Waals surface area contributed by atoms with Crippen molar-refractivity contribution in [2.75, 3.05) is 7.05 Å². The maximum Gasteiger partial charge on any atom is 0.231 e. The Balaban J connectivity index is 2.11. The van der Waals surface area contributed by atoms with Gasteiger partial charge in [-0.1, -0.05) is 23.2 Å². The molecule has 0 N–H and O–H groups in total. The predicted molar refractivity (Wildman–Crippen MR) is 72.4 cm³/mol. The van der Waals surface area contributed by atoms with E-state index in [9.17, 15) is 4.79 Å². The second-order valence-electron chi connectivity index (χ2n) is 4.99. The smallest absolute Gasteiger partial charge is 0.231 e. The standard InChI is InChI=1S/C15H15ClNO/c1-9-6-7-11(16)10(8-9)15-14-12(17(15)2)4-3-5-13(14)18/h6-8H,3-5H2,1-2H3/q+1. The van der Waals surface area contributed by atoms with E-state index < -0.39 is 0 Å². The van der Waals surface area contributed by atoms with Crippen LogP contribution in [0, 0.1) is 6.92 Å². The number of carbonyl (C=O) groups excluding carboxylic acids is 1. The monoisotopic (exact) mass is 260 g/mol. The molecule has 1 aliphatic carbocycles. The Bertz CT molecular complexity index is 625. The molecular formula is C15H15ClNO+. The lowest BCUT2D eigenvalue weighted by Gasteiger charge is -2.24. The van der Waals surface area contributed by atoms with Gasteiger partial charge in [-0.15, -0.1) is 0 Å². The Morgan fingerprint density at radius 2 is 2.06 bits per heavy atom. The molecule has 18 heavy (non-hydrogen) atoms. The topological polar surface area (TPSA) is 20.1 Å². The van der Waals surface area contributed by atoms with Gasteiger partial charge in [0.25, 0.3) is 0 Å². The highest BCUT2D eigenvalue weighted by molar-refractivity contribution is 6.38. The van der Waals surface area contributed by atoms with E-state index in [2.05, 4.69) is 10.6 Å². The molecule has 0 spiro atoms. The number of aryl methyl sites for hydroxylation is 1. The van der Waals surface area contributed by atoms with Gasteiger partial charge in [0.15, 0.2) is 17.1 Å². The first kappa shape index (κ1) is 11.7. The van der Waals surface area contributed by atoms with Crippen molar-refractivity contribution in [2.24, 2.45) is 0 Å². The number of rotatable bonds is 1. The molecule has 0 radical (unpaired) electrons. The van der Waals surface area contributed by atoms with Crippen LogP contribution < -0.4 is 0 Å². The first-order valence-corrected chi connectivity index (χ1v) is 6.61. The molecule has 0 aromatic heterocycles. The van der Waals surface area contributed by atoms with Gasteiger partial charge < -0.3 is 0 Å². The molecule has 2 nitrogen and oxygen atoms in total. The van der Waals surface area contributed by atoms with Crippen LogP contribution in [-0.2, 0) is 4.79 Å². The average Bonchev–Trinajstić information content (AvgIpc) is 2.34. The first-order valence-electron chi connectivity index (χ1n) is 6.23. The third-order valence-corrected chi connectivity index (χ3v) is 4.07. The summed E-state index contributed by atoms with van der Waals surface area (Å²) in [5, 5.41) is 0.715. The number of benzene rings is 1. The number of hydrogen-bond acceptors (Lipinski definition) is 1. The minimum atomic E-state index is 0.266. The van der Waals surface area contributed by atoms with E-state index in [1.54, 1.807) is 0 Å². The fourth-order valence-corrected chi connectivity index (χ4v) is 3.02. The van der Waals surface area contributed by atoms with Gasteiger partial charge in [-0.3, -0.25) is 4.79 Å². The van der Waals surface area contributed by atoms with E-state index >= 15 is 0 Å². The summed E-state index contributed by atoms with van der Waals surface area (Å²) in [5.41, 5.74) is 5.24. The molecule has 1 heterocycles. The molecule has 3 rings (SSSR count). The van der Waals surface area contributed by atoms with Crippen LogP contribution in [0.15, 0.2) is 29.5 Å². The minimum Gasteiger partial charge on any atom is -0.294 e. The molecule has 0 bridgehead atoms. The second-order valence-corrected chi connectivity index (χ2v) is 5.40. The number of halogens is 1. The Hall–Kier alpha value is -1.41. The third-order valence-electron chi connectivity index (χ3n) is 3.74. The molecule has 1 aromatic rings. The van der Waals surface area contributed by atoms with Crippen LogP contribution >= 0.6 is 11.6 Å². The minimum absolute atomic E-state index is 0.266. The Morgan fingerprint density at radius 1 is 1.28 bits per heavy atom. The lowest BCUT2D eigenvalue weighted by molar-refractivity contribution is -0.459. The number of Topliss-reactive ketones (excluding diaryl/α,β-unsaturated/α-hetero) is 1. The summed E-state index contributed by atoms with van der Waals surface area (Å²) in [4.78, 5) is 12.0. The van der Waals surface area contributed by atoms with Crippen molar-refractivity contribution in [3.8, 4) is 0 Å². The molecule has 0 fully saturated rings. The van der Waals surface area contributed by atoms with Gasteiger partial charge in [0, 0.05) is 12.8 Å². The maximum absolute atomic E-state index is 12.0. The molecule has 2 aliphatic rings. The first-order chi connectivity index (χ1) is 8.59. The van der Waals surface area contributed by atoms with Gasteiger partial charge >= 0.3 is 0 Å². The number of hydrogen-bond donors (Lipinski definition) is 0. The summed E-state index contributed by atoms with van der Waals surface area (Å²) in [6, 6.07) is 5.95. The van der Waals surface area contributed by atoms with Crippen LogP contribution in [0.4, 0.5) is 0 Å². The van der Waals surface area contributed by atoms with Crippen molar-refractivity contribution in [3.05, 3.63) is 45.6 Å². The van der Waals surface area contributed by atoms with E-state index in [0.29, 0.717) is 11.4 Å². The molecule has 0 saturated heterocycles. The van der Waals surface area contributed by atoms with E-state index in [1.807, 2.05) is 26.1 Å². The van der Waals surface area contributed by atoms with Gasteiger partial charge in [0.05, 0.1) is 10.6 Å². The SMILES string of the molecule is Cc1ccc(Cl)c(C2=[N+](C)C3=C2C(=O)CCC3)c1. The average molecular weight is 261 g/mol. The van der Waals surface area contributed by atoms with Crippen molar-refractivity contribution < 1.29 is 9.37 Å². The molecule has 0 atom stereocenters. The van der Waals surface area contributed by atoms with Crippen molar-refractivity contribution in [3.63, 3.8) is 0 Å². The zero-order chi connectivity index (χ0) is 12.9. The van der Waals surface area contributed by atoms with Crippen LogP contribution in [0.3, 0.4) is 0 Å². The largest absolute Gasteiger partial charge is 0.294 e. The zero-order valence-corrected chi connectivity index (χ0v) is 11.3. The van der Waals surface area contributed by atoms with Gasteiger partial charge in [-0.2, -0.15) is 4.58 Å². The summed E-state index contributed by atoms with van der Waals surface area (Å²) in [5.74, 6) is 0.266. The molecule has 1 aliphatic heterocycles. The van der Waals surface area contributed by atoms with Gasteiger partial charge in [-0.25, -0.2) is 0 Å². The van der Waals surface area contributed by atoms with Crippen LogP contribution in [0.1, 0.15) is 30.4 Å². The Kier molecular flexibility index (Phi) is 2.63. The molecule has 92 valence electrons. The highest BCUT2D eigenvalue weighted by Crippen LogP contribution is 2.35. The lowest BCUT2D eigenvalue weighted by atomic mass is 9.83. The highest BCUT2D eigenvalue weighted by atomic mass is 35.5. The highest BCUT2D eigenvalue weighted by Gasteiger charge is 2.44. The van der Waals surface area contributed by atoms with E-state index in [-0.39, 0.29) is 5.78 Å². The Morgan fingerprint density at radius 3 is 2.83 bits per heavy atom. The number of carbonyl (C=O) groups is 1. The van der Waals surface area contributed by atoms with Gasteiger partial charge in [0.2, 0.25) is 5.71 Å². The molecule has 1 aromatic carbocycles. The van der Waals surface area contributed by atoms with Crippen molar-refractivity contribution in [1.29, 1.82) is 0 Å². The molecule has 0 amide bonds. The summed E-state index contributed by atoms with van der Waals surface area (Å²) in [7, 11) is 2.02. The zero-order valence-electron chi connectivity index (χ0n) is 10.6. The molecule has 0 unspecified atom stereocenters. The molecule has 3 heteroatoms. The van der Waals surface area contributed by atoms with Crippen LogP contribution in [0.5, 0.6) is 0 Å². The Labute approximate surface area is 112 Å². The van der Waals surface area contributed by atoms with E-state index in [4.69, 9.17) is 11.6 Å². The van der Waals surface area contributed by atoms with Gasteiger partial charge in [-0.05, 0) is 25.5 Å². The van der Waals surface area contributed by atoms with Crippen LogP contribution in [0.2, 0.25) is 5.02 Å². The third kappa shape index (κ3) is 1.56. The normalized spacial score (nSPS) is 18.9. The predicted octanol–water partition coefficient (Wildman–Crippen LogP) is 3.10. The van der Waals surface area contributed by atoms with Crippen molar-refractivity contribution in [2.45, 2.75) is 26.2 Å². The number of nitrogens with zero attached hydrogens (tertiary/aromatic N) is 1. The van der Waals surface area contributed by atoms with Crippen LogP contribution in [-0.4, -0.2) is 23.1 Å². The molecular weight excluding hydrogens is 246 g/mol. The summed E-state index contributed by atoms with van der Waals surface area (Å²) in [6.07, 6.45) is 2.64. The van der Waals surface area contributed by atoms with Crippen LogP contribution in [0.25, 0.3) is 0 Å². The maximum atomic E-state index is 12.0. The van der Waals surface area contributed by atoms with Crippen molar-refractivity contribution >= 4 is 23.1 Å². The van der Waals surface area contributed by atoms with E-state index in [1.165, 1.54) is 5.70 Å². The summed E-state index contributed by atoms with van der Waals surface area (Å²) >= 11 is 6.27. The van der Waals surface area contributed by atoms with Crippen molar-refractivity contribution in [1.82, 2.24) is 0 Å². The number of allylic oxidation sites excluding steroid dienone is 2. The van der Waals surface area contributed by atoms with E-state index in [0.717, 1.165) is 35.3 Å². The summed E-state index contributed by atoms with van der Waals surface area (Å²) < 4.78 is 2.12. The second kappa shape index (κ2) is 4.06. The lowest BCUT2D eigenvalue weighted by Crippen LogP contribution is -2.38.